The monoisotopic (exact) mass is 275 g/mol. The van der Waals surface area contributed by atoms with Gasteiger partial charge in [-0.3, -0.25) is 4.98 Å². The number of thiocarbonyl (C=S) groups is 1. The molecule has 1 aromatic carbocycles. The summed E-state index contributed by atoms with van der Waals surface area (Å²) in [5, 5.41) is 10.5. The second-order valence-electron chi connectivity index (χ2n) is 4.63. The number of fused-ring (bicyclic) bond motifs is 1. The summed E-state index contributed by atoms with van der Waals surface area (Å²) < 4.78 is 0. The average Bonchev–Trinajstić information content (AvgIpc) is 2.36. The van der Waals surface area contributed by atoms with Gasteiger partial charge in [-0.05, 0) is 13.0 Å². The molecule has 0 amide bonds. The summed E-state index contributed by atoms with van der Waals surface area (Å²) in [6.07, 6.45) is 1.26. The van der Waals surface area contributed by atoms with Gasteiger partial charge in [0.2, 0.25) is 0 Å². The predicted octanol–water partition coefficient (Wildman–Crippen LogP) is 1.69. The maximum atomic E-state index is 9.56. The van der Waals surface area contributed by atoms with Gasteiger partial charge >= 0.3 is 0 Å². The minimum Gasteiger partial charge on any atom is -0.392 e. The molecule has 2 rings (SSSR count). The number of pyridine rings is 1. The van der Waals surface area contributed by atoms with E-state index in [2.05, 4.69) is 4.98 Å². The van der Waals surface area contributed by atoms with Crippen LogP contribution in [0.3, 0.4) is 0 Å². The van der Waals surface area contributed by atoms with Gasteiger partial charge in [0.05, 0.1) is 22.9 Å². The van der Waals surface area contributed by atoms with Gasteiger partial charge in [0.25, 0.3) is 0 Å². The van der Waals surface area contributed by atoms with E-state index < -0.39 is 6.10 Å². The Bertz CT molecular complexity index is 613. The molecule has 4 nitrogen and oxygen atoms in total. The Morgan fingerprint density at radius 1 is 1.47 bits per heavy atom. The van der Waals surface area contributed by atoms with E-state index in [1.165, 1.54) is 0 Å². The van der Waals surface area contributed by atoms with Crippen molar-refractivity contribution >= 4 is 33.8 Å². The minimum absolute atomic E-state index is 0.311. The van der Waals surface area contributed by atoms with Crippen molar-refractivity contribution in [2.24, 2.45) is 5.73 Å². The summed E-state index contributed by atoms with van der Waals surface area (Å²) in [7, 11) is 1.91. The molecule has 5 heteroatoms. The summed E-state index contributed by atoms with van der Waals surface area (Å²) in [5.41, 5.74) is 8.31. The summed E-state index contributed by atoms with van der Waals surface area (Å²) in [6, 6.07) is 7.82. The van der Waals surface area contributed by atoms with Gasteiger partial charge in [-0.25, -0.2) is 0 Å². The molecule has 1 heterocycles. The molecule has 0 fully saturated rings. The molecule has 100 valence electrons. The average molecular weight is 275 g/mol. The van der Waals surface area contributed by atoms with E-state index in [9.17, 15) is 5.11 Å². The fourth-order valence-electron chi connectivity index (χ4n) is 2.21. The summed E-state index contributed by atoms with van der Waals surface area (Å²) in [5.74, 6) is 0. The lowest BCUT2D eigenvalue weighted by Gasteiger charge is -2.25. The third-order valence-electron chi connectivity index (χ3n) is 2.93. The lowest BCUT2D eigenvalue weighted by Crippen LogP contribution is -2.29. The zero-order valence-corrected chi connectivity index (χ0v) is 11.8. The molecular weight excluding hydrogens is 258 g/mol. The van der Waals surface area contributed by atoms with Gasteiger partial charge in [-0.15, -0.1) is 0 Å². The number of aromatic nitrogens is 1. The number of hydrogen-bond acceptors (Lipinski definition) is 4. The van der Waals surface area contributed by atoms with Crippen LogP contribution >= 0.6 is 12.2 Å². The number of nitrogens with zero attached hydrogens (tertiary/aromatic N) is 2. The van der Waals surface area contributed by atoms with E-state index in [1.807, 2.05) is 36.2 Å². The van der Waals surface area contributed by atoms with E-state index in [4.69, 9.17) is 18.0 Å². The lowest BCUT2D eigenvalue weighted by atomic mass is 10.1. The molecular formula is C14H17N3OS. The topological polar surface area (TPSA) is 62.4 Å². The molecule has 0 bridgehead atoms. The van der Waals surface area contributed by atoms with E-state index >= 15 is 0 Å². The zero-order valence-electron chi connectivity index (χ0n) is 11.0. The number of rotatable bonds is 4. The van der Waals surface area contributed by atoms with Crippen molar-refractivity contribution in [1.82, 2.24) is 4.98 Å². The van der Waals surface area contributed by atoms with Gasteiger partial charge in [-0.2, -0.15) is 0 Å². The molecule has 1 aromatic heterocycles. The lowest BCUT2D eigenvalue weighted by molar-refractivity contribution is 0.201. The van der Waals surface area contributed by atoms with Crippen LogP contribution in [-0.4, -0.2) is 34.8 Å². The molecule has 1 unspecified atom stereocenters. The highest BCUT2D eigenvalue weighted by Gasteiger charge is 2.15. The molecule has 0 saturated carbocycles. The molecule has 0 aliphatic carbocycles. The maximum Gasteiger partial charge on any atom is 0.107 e. The summed E-state index contributed by atoms with van der Waals surface area (Å²) in [6.45, 7) is 2.25. The maximum absolute atomic E-state index is 9.56. The van der Waals surface area contributed by atoms with Crippen LogP contribution in [0.2, 0.25) is 0 Å². The first kappa shape index (κ1) is 13.7. The van der Waals surface area contributed by atoms with Crippen LogP contribution in [-0.2, 0) is 0 Å². The van der Waals surface area contributed by atoms with Crippen LogP contribution in [0.25, 0.3) is 10.9 Å². The van der Waals surface area contributed by atoms with Gasteiger partial charge in [0, 0.05) is 25.2 Å². The van der Waals surface area contributed by atoms with Crippen molar-refractivity contribution in [3.63, 3.8) is 0 Å². The first-order valence-corrected chi connectivity index (χ1v) is 6.48. The predicted molar refractivity (Wildman–Crippen MR) is 82.6 cm³/mol. The molecule has 1 atom stereocenters. The van der Waals surface area contributed by atoms with Crippen molar-refractivity contribution in [2.75, 3.05) is 18.5 Å². The Kier molecular flexibility index (Phi) is 3.97. The Labute approximate surface area is 117 Å². The SMILES string of the molecule is CC(O)CN(C)c1c(C(N)=S)cnc2ccccc12. The Hall–Kier alpha value is -1.72. The van der Waals surface area contributed by atoms with Crippen molar-refractivity contribution in [3.05, 3.63) is 36.0 Å². The molecule has 3 N–H and O–H groups in total. The number of hydrogen-bond donors (Lipinski definition) is 2. The fraction of sp³-hybridized carbons (Fsp3) is 0.286. The summed E-state index contributed by atoms with van der Waals surface area (Å²) in [4.78, 5) is 6.64. The largest absolute Gasteiger partial charge is 0.392 e. The smallest absolute Gasteiger partial charge is 0.107 e. The number of likely N-dealkylation sites (N-methyl/N-ethyl adjacent to an activating group) is 1. The molecule has 0 aliphatic rings. The van der Waals surface area contributed by atoms with Crippen LogP contribution in [0.15, 0.2) is 30.5 Å². The van der Waals surface area contributed by atoms with Crippen molar-refractivity contribution < 1.29 is 5.11 Å². The molecule has 0 saturated heterocycles. The van der Waals surface area contributed by atoms with Crippen LogP contribution in [0, 0.1) is 0 Å². The van der Waals surface area contributed by atoms with Crippen molar-refractivity contribution in [2.45, 2.75) is 13.0 Å². The first-order valence-electron chi connectivity index (χ1n) is 6.07. The second kappa shape index (κ2) is 5.50. The third-order valence-corrected chi connectivity index (χ3v) is 3.15. The number of para-hydroxylation sites is 1. The minimum atomic E-state index is -0.434. The van der Waals surface area contributed by atoms with Gasteiger partial charge in [-0.1, -0.05) is 30.4 Å². The highest BCUT2D eigenvalue weighted by Crippen LogP contribution is 2.28. The van der Waals surface area contributed by atoms with Crippen molar-refractivity contribution in [3.8, 4) is 0 Å². The third kappa shape index (κ3) is 2.83. The number of aliphatic hydroxyl groups excluding tert-OH is 1. The number of anilines is 1. The van der Waals surface area contributed by atoms with Crippen molar-refractivity contribution in [1.29, 1.82) is 0 Å². The van der Waals surface area contributed by atoms with E-state index in [-0.39, 0.29) is 0 Å². The van der Waals surface area contributed by atoms with E-state index in [1.54, 1.807) is 13.1 Å². The fourth-order valence-corrected chi connectivity index (χ4v) is 2.36. The van der Waals surface area contributed by atoms with Crippen LogP contribution in [0.5, 0.6) is 0 Å². The Morgan fingerprint density at radius 2 is 2.16 bits per heavy atom. The molecule has 0 radical (unpaired) electrons. The molecule has 2 aromatic rings. The van der Waals surface area contributed by atoms with Crippen LogP contribution < -0.4 is 10.6 Å². The second-order valence-corrected chi connectivity index (χ2v) is 5.07. The number of aliphatic hydroxyl groups is 1. The molecule has 19 heavy (non-hydrogen) atoms. The van der Waals surface area contributed by atoms with Crippen LogP contribution in [0.4, 0.5) is 5.69 Å². The molecule has 0 spiro atoms. The summed E-state index contributed by atoms with van der Waals surface area (Å²) >= 11 is 5.09. The normalized spacial score (nSPS) is 12.4. The number of benzene rings is 1. The number of nitrogens with two attached hydrogens (primary N) is 1. The van der Waals surface area contributed by atoms with Gasteiger partial charge in [0.15, 0.2) is 0 Å². The highest BCUT2D eigenvalue weighted by molar-refractivity contribution is 7.80. The Morgan fingerprint density at radius 3 is 2.79 bits per heavy atom. The highest BCUT2D eigenvalue weighted by atomic mass is 32.1. The Balaban J connectivity index is 2.65. The molecule has 0 aliphatic heterocycles. The standard InChI is InChI=1S/C14H17N3OS/c1-9(18)8-17(2)13-10-5-3-4-6-12(10)16-7-11(13)14(15)19/h3-7,9,18H,8H2,1-2H3,(H2,15,19). The quantitative estimate of drug-likeness (QED) is 0.831. The van der Waals surface area contributed by atoms with E-state index in [0.717, 1.165) is 22.2 Å². The van der Waals surface area contributed by atoms with Gasteiger partial charge < -0.3 is 15.7 Å². The van der Waals surface area contributed by atoms with Crippen LogP contribution in [0.1, 0.15) is 12.5 Å². The zero-order chi connectivity index (χ0) is 14.0. The van der Waals surface area contributed by atoms with Gasteiger partial charge in [0.1, 0.15) is 4.99 Å². The first-order chi connectivity index (χ1) is 9.00. The van der Waals surface area contributed by atoms with E-state index in [0.29, 0.717) is 11.5 Å².